The van der Waals surface area contributed by atoms with Crippen LogP contribution in [0.15, 0.2) is 79.3 Å². The Balaban J connectivity index is 1.31. The Morgan fingerprint density at radius 2 is 1.89 bits per heavy atom. The second kappa shape index (κ2) is 10.8. The molecule has 0 unspecified atom stereocenters. The second-order valence-corrected chi connectivity index (χ2v) is 8.37. The van der Waals surface area contributed by atoms with E-state index in [0.29, 0.717) is 34.8 Å². The predicted molar refractivity (Wildman–Crippen MR) is 137 cm³/mol. The van der Waals surface area contributed by atoms with Crippen LogP contribution >= 0.6 is 0 Å². The summed E-state index contributed by atoms with van der Waals surface area (Å²) in [5, 5.41) is 12.5. The number of pyridine rings is 1. The summed E-state index contributed by atoms with van der Waals surface area (Å²) in [5.41, 5.74) is 5.01. The molecule has 8 heteroatoms. The molecule has 0 saturated carbocycles. The molecule has 8 nitrogen and oxygen atoms in total. The van der Waals surface area contributed by atoms with Crippen molar-refractivity contribution in [3.8, 4) is 17.3 Å². The molecular weight excluding hydrogens is 452 g/mol. The van der Waals surface area contributed by atoms with E-state index in [9.17, 15) is 10.1 Å². The SMILES string of the molecule is N#Cc1cc(-c2ccnc(Cc3ccc(N4CCOCC4)cc3)n2)ccc1NC(=O)c1cccnc1. The van der Waals surface area contributed by atoms with Gasteiger partial charge in [0.15, 0.2) is 0 Å². The zero-order valence-corrected chi connectivity index (χ0v) is 19.6. The maximum Gasteiger partial charge on any atom is 0.257 e. The van der Waals surface area contributed by atoms with Crippen molar-refractivity contribution in [2.45, 2.75) is 6.42 Å². The average molecular weight is 477 g/mol. The largest absolute Gasteiger partial charge is 0.378 e. The maximum absolute atomic E-state index is 12.5. The number of aromatic nitrogens is 3. The van der Waals surface area contributed by atoms with Crippen LogP contribution < -0.4 is 10.2 Å². The number of hydrogen-bond donors (Lipinski definition) is 1. The van der Waals surface area contributed by atoms with Crippen LogP contribution in [0, 0.1) is 11.3 Å². The van der Waals surface area contributed by atoms with E-state index in [2.05, 4.69) is 50.5 Å². The van der Waals surface area contributed by atoms with Crippen LogP contribution in [0.5, 0.6) is 0 Å². The van der Waals surface area contributed by atoms with Gasteiger partial charge in [-0.2, -0.15) is 5.26 Å². The topological polar surface area (TPSA) is 104 Å². The number of nitriles is 1. The summed E-state index contributed by atoms with van der Waals surface area (Å²) in [6.45, 7) is 3.32. The van der Waals surface area contributed by atoms with Crippen LogP contribution in [0.4, 0.5) is 11.4 Å². The van der Waals surface area contributed by atoms with Gasteiger partial charge in [0, 0.05) is 49.4 Å². The van der Waals surface area contributed by atoms with Crippen LogP contribution in [-0.4, -0.2) is 47.2 Å². The lowest BCUT2D eigenvalue weighted by Crippen LogP contribution is -2.36. The highest BCUT2D eigenvalue weighted by atomic mass is 16.5. The number of anilines is 2. The average Bonchev–Trinajstić information content (AvgIpc) is 2.95. The Morgan fingerprint density at radius 3 is 2.64 bits per heavy atom. The van der Waals surface area contributed by atoms with Gasteiger partial charge in [-0.1, -0.05) is 18.2 Å². The minimum Gasteiger partial charge on any atom is -0.378 e. The fourth-order valence-corrected chi connectivity index (χ4v) is 4.07. The van der Waals surface area contributed by atoms with Gasteiger partial charge >= 0.3 is 0 Å². The molecule has 2 aromatic heterocycles. The van der Waals surface area contributed by atoms with Crippen molar-refractivity contribution in [1.29, 1.82) is 5.26 Å². The van der Waals surface area contributed by atoms with Gasteiger partial charge in [-0.05, 0) is 48.0 Å². The zero-order chi connectivity index (χ0) is 24.7. The molecule has 1 aliphatic rings. The Kier molecular flexibility index (Phi) is 6.92. The lowest BCUT2D eigenvalue weighted by atomic mass is 10.1. The molecule has 1 aliphatic heterocycles. The molecule has 0 spiro atoms. The summed E-state index contributed by atoms with van der Waals surface area (Å²) < 4.78 is 5.43. The predicted octanol–water partition coefficient (Wildman–Crippen LogP) is 4.09. The summed E-state index contributed by atoms with van der Waals surface area (Å²) in [6.07, 6.45) is 5.41. The van der Waals surface area contributed by atoms with Crippen molar-refractivity contribution in [3.63, 3.8) is 0 Å². The molecule has 1 fully saturated rings. The van der Waals surface area contributed by atoms with E-state index in [1.165, 1.54) is 11.9 Å². The third kappa shape index (κ3) is 5.37. The normalized spacial score (nSPS) is 13.1. The zero-order valence-electron chi connectivity index (χ0n) is 19.6. The van der Waals surface area contributed by atoms with Crippen molar-refractivity contribution in [1.82, 2.24) is 15.0 Å². The van der Waals surface area contributed by atoms with Gasteiger partial charge in [0.2, 0.25) is 0 Å². The van der Waals surface area contributed by atoms with E-state index in [4.69, 9.17) is 9.72 Å². The van der Waals surface area contributed by atoms with E-state index in [1.807, 2.05) is 12.1 Å². The number of nitrogens with zero attached hydrogens (tertiary/aromatic N) is 5. The number of carbonyl (C=O) groups is 1. The summed E-state index contributed by atoms with van der Waals surface area (Å²) >= 11 is 0. The molecule has 0 radical (unpaired) electrons. The van der Waals surface area contributed by atoms with E-state index in [-0.39, 0.29) is 5.91 Å². The standard InChI is InChI=1S/C28H24N6O2/c29-18-23-17-21(5-8-25(23)33-28(35)22-2-1-10-30-19-22)26-9-11-31-27(32-26)16-20-3-6-24(7-4-20)34-12-14-36-15-13-34/h1-11,17,19H,12-16H2,(H,33,35). The van der Waals surface area contributed by atoms with E-state index < -0.39 is 0 Å². The molecule has 4 aromatic rings. The number of benzene rings is 2. The lowest BCUT2D eigenvalue weighted by Gasteiger charge is -2.28. The Morgan fingerprint density at radius 1 is 1.06 bits per heavy atom. The summed E-state index contributed by atoms with van der Waals surface area (Å²) in [7, 11) is 0. The first-order valence-electron chi connectivity index (χ1n) is 11.7. The fraction of sp³-hybridized carbons (Fsp3) is 0.179. The number of hydrogen-bond acceptors (Lipinski definition) is 7. The number of morpholine rings is 1. The third-order valence-corrected chi connectivity index (χ3v) is 5.99. The Bertz CT molecular complexity index is 1390. The smallest absolute Gasteiger partial charge is 0.257 e. The molecule has 0 aliphatic carbocycles. The van der Waals surface area contributed by atoms with Gasteiger partial charge in [0.25, 0.3) is 5.91 Å². The Labute approximate surface area is 209 Å². The molecule has 0 bridgehead atoms. The number of carbonyl (C=O) groups excluding carboxylic acids is 1. The molecule has 1 N–H and O–H groups in total. The molecular formula is C28H24N6O2. The van der Waals surface area contributed by atoms with Crippen molar-refractivity contribution < 1.29 is 9.53 Å². The lowest BCUT2D eigenvalue weighted by molar-refractivity contribution is 0.102. The van der Waals surface area contributed by atoms with Crippen molar-refractivity contribution in [3.05, 3.63) is 102 Å². The third-order valence-electron chi connectivity index (χ3n) is 5.99. The number of ether oxygens (including phenoxy) is 1. The molecule has 2 aromatic carbocycles. The van der Waals surface area contributed by atoms with Gasteiger partial charge in [-0.3, -0.25) is 9.78 Å². The highest BCUT2D eigenvalue weighted by molar-refractivity contribution is 6.04. The van der Waals surface area contributed by atoms with E-state index in [0.717, 1.165) is 37.4 Å². The molecule has 36 heavy (non-hydrogen) atoms. The molecule has 1 amide bonds. The molecule has 178 valence electrons. The fourth-order valence-electron chi connectivity index (χ4n) is 4.07. The number of amides is 1. The molecule has 0 atom stereocenters. The van der Waals surface area contributed by atoms with Gasteiger partial charge in [-0.15, -0.1) is 0 Å². The summed E-state index contributed by atoms with van der Waals surface area (Å²) in [5.74, 6) is 0.371. The maximum atomic E-state index is 12.5. The quantitative estimate of drug-likeness (QED) is 0.447. The first-order valence-corrected chi connectivity index (χ1v) is 11.7. The highest BCUT2D eigenvalue weighted by Crippen LogP contribution is 2.25. The van der Waals surface area contributed by atoms with Crippen molar-refractivity contribution >= 4 is 17.3 Å². The minimum absolute atomic E-state index is 0.323. The number of rotatable bonds is 6. The van der Waals surface area contributed by atoms with Gasteiger partial charge in [0.1, 0.15) is 11.9 Å². The van der Waals surface area contributed by atoms with E-state index in [1.54, 1.807) is 36.7 Å². The first-order chi connectivity index (χ1) is 17.7. The van der Waals surface area contributed by atoms with Gasteiger partial charge in [-0.25, -0.2) is 9.97 Å². The highest BCUT2D eigenvalue weighted by Gasteiger charge is 2.13. The van der Waals surface area contributed by atoms with Crippen molar-refractivity contribution in [2.24, 2.45) is 0 Å². The van der Waals surface area contributed by atoms with Gasteiger partial charge in [0.05, 0.1) is 35.7 Å². The van der Waals surface area contributed by atoms with E-state index >= 15 is 0 Å². The number of nitrogens with one attached hydrogen (secondary N) is 1. The van der Waals surface area contributed by atoms with Crippen LogP contribution in [0.2, 0.25) is 0 Å². The van der Waals surface area contributed by atoms with Crippen molar-refractivity contribution in [2.75, 3.05) is 36.5 Å². The van der Waals surface area contributed by atoms with Crippen LogP contribution in [0.1, 0.15) is 27.3 Å². The minimum atomic E-state index is -0.323. The van der Waals surface area contributed by atoms with Crippen LogP contribution in [-0.2, 0) is 11.2 Å². The molecule has 3 heterocycles. The van der Waals surface area contributed by atoms with Crippen LogP contribution in [0.3, 0.4) is 0 Å². The Hall–Kier alpha value is -4.61. The summed E-state index contributed by atoms with van der Waals surface area (Å²) in [4.78, 5) is 27.9. The monoisotopic (exact) mass is 476 g/mol. The first kappa shape index (κ1) is 23.1. The molecule has 1 saturated heterocycles. The molecule has 5 rings (SSSR count). The van der Waals surface area contributed by atoms with Crippen LogP contribution in [0.25, 0.3) is 11.3 Å². The summed E-state index contributed by atoms with van der Waals surface area (Å²) in [6, 6.07) is 21.1. The van der Waals surface area contributed by atoms with Gasteiger partial charge < -0.3 is 15.0 Å². The second-order valence-electron chi connectivity index (χ2n) is 8.37.